The highest BCUT2D eigenvalue weighted by atomic mass is 32.2. The molecule has 0 fully saturated rings. The summed E-state index contributed by atoms with van der Waals surface area (Å²) in [5.41, 5.74) is 0.382. The van der Waals surface area contributed by atoms with Crippen LogP contribution in [0.2, 0.25) is 0 Å². The normalized spacial score (nSPS) is 13.4. The van der Waals surface area contributed by atoms with E-state index in [4.69, 9.17) is 15.9 Å². The molecule has 0 aliphatic rings. The standard InChI is InChI=1S/C36H49N3O6S/c1-10-22-39(32(41)28(21-23-46-9)38-34(43)45-36(6,7)8)30(27-19-17-25(11-2)18-20-27)31(40)37-29(33(42)44-35(3,4)5)24-26-15-13-12-14-16-26/h2,12-20,28-30H,10,21-24H2,1,3-9H3,(H,37,40)(H,38,43). The number of alkyl carbamates (subject to hydrolysis) is 1. The number of benzene rings is 2. The highest BCUT2D eigenvalue weighted by Crippen LogP contribution is 2.25. The van der Waals surface area contributed by atoms with Gasteiger partial charge in [-0.2, -0.15) is 11.8 Å². The number of terminal acetylenes is 1. The summed E-state index contributed by atoms with van der Waals surface area (Å²) < 4.78 is 11.1. The number of thioether (sulfide) groups is 1. The Hall–Kier alpha value is -3.97. The summed E-state index contributed by atoms with van der Waals surface area (Å²) in [5.74, 6) is 1.55. The topological polar surface area (TPSA) is 114 Å². The molecule has 2 aromatic carbocycles. The van der Waals surface area contributed by atoms with E-state index in [2.05, 4.69) is 16.6 Å². The van der Waals surface area contributed by atoms with Crippen LogP contribution >= 0.6 is 11.8 Å². The molecule has 0 spiro atoms. The van der Waals surface area contributed by atoms with E-state index in [0.29, 0.717) is 29.7 Å². The van der Waals surface area contributed by atoms with Gasteiger partial charge in [-0.05, 0) is 89.7 Å². The zero-order chi connectivity index (χ0) is 34.5. The second-order valence-electron chi connectivity index (χ2n) is 13.0. The summed E-state index contributed by atoms with van der Waals surface area (Å²) in [6, 6.07) is 13.0. The SMILES string of the molecule is C#Cc1ccc(C(C(=O)NC(Cc2ccccc2)C(=O)OC(C)(C)C)N(CCC)C(=O)C(CCSC)NC(=O)OC(C)(C)C)cc1. The second-order valence-corrected chi connectivity index (χ2v) is 14.0. The minimum Gasteiger partial charge on any atom is -0.458 e. The number of carbonyl (C=O) groups is 4. The van der Waals surface area contributed by atoms with Gasteiger partial charge >= 0.3 is 12.1 Å². The van der Waals surface area contributed by atoms with Crippen molar-refractivity contribution in [1.82, 2.24) is 15.5 Å². The van der Waals surface area contributed by atoms with Crippen molar-refractivity contribution in [2.24, 2.45) is 0 Å². The van der Waals surface area contributed by atoms with Crippen LogP contribution in [0.1, 0.15) is 84.0 Å². The van der Waals surface area contributed by atoms with Gasteiger partial charge in [-0.25, -0.2) is 9.59 Å². The van der Waals surface area contributed by atoms with E-state index in [1.807, 2.05) is 43.5 Å². The highest BCUT2D eigenvalue weighted by molar-refractivity contribution is 7.98. The third-order valence-corrected chi connectivity index (χ3v) is 7.23. The molecule has 2 aromatic rings. The van der Waals surface area contributed by atoms with Gasteiger partial charge in [0.25, 0.3) is 0 Å². The molecule has 3 amide bonds. The predicted octanol–water partition coefficient (Wildman–Crippen LogP) is 5.66. The Kier molecular flexibility index (Phi) is 14.7. The molecule has 3 unspecified atom stereocenters. The zero-order valence-corrected chi connectivity index (χ0v) is 29.2. The van der Waals surface area contributed by atoms with Crippen molar-refractivity contribution < 1.29 is 28.7 Å². The number of hydrogen-bond acceptors (Lipinski definition) is 7. The molecular weight excluding hydrogens is 602 g/mol. The Bertz CT molecular complexity index is 1340. The van der Waals surface area contributed by atoms with Crippen LogP contribution in [0.25, 0.3) is 0 Å². The van der Waals surface area contributed by atoms with Crippen LogP contribution in [-0.2, 0) is 30.3 Å². The van der Waals surface area contributed by atoms with Crippen molar-refractivity contribution in [2.75, 3.05) is 18.6 Å². The molecule has 0 saturated heterocycles. The van der Waals surface area contributed by atoms with Gasteiger partial charge in [0.05, 0.1) is 0 Å². The summed E-state index contributed by atoms with van der Waals surface area (Å²) in [6.45, 7) is 12.6. The summed E-state index contributed by atoms with van der Waals surface area (Å²) in [7, 11) is 0. The minimum absolute atomic E-state index is 0.183. The molecule has 250 valence electrons. The number of hydrogen-bond donors (Lipinski definition) is 2. The molecular formula is C36H49N3O6S. The van der Waals surface area contributed by atoms with Crippen molar-refractivity contribution in [3.05, 3.63) is 71.3 Å². The van der Waals surface area contributed by atoms with Crippen LogP contribution in [0.3, 0.4) is 0 Å². The lowest BCUT2D eigenvalue weighted by Crippen LogP contribution is -2.55. The highest BCUT2D eigenvalue weighted by Gasteiger charge is 2.38. The van der Waals surface area contributed by atoms with Gasteiger partial charge in [0, 0.05) is 18.5 Å². The van der Waals surface area contributed by atoms with E-state index in [1.54, 1.807) is 65.8 Å². The fourth-order valence-corrected chi connectivity index (χ4v) is 5.12. The van der Waals surface area contributed by atoms with Crippen LogP contribution in [0.4, 0.5) is 4.79 Å². The lowest BCUT2D eigenvalue weighted by molar-refractivity contribution is -0.159. The fraction of sp³-hybridized carbons (Fsp3) is 0.500. The number of nitrogens with zero attached hydrogens (tertiary/aromatic N) is 1. The number of carbonyl (C=O) groups excluding carboxylic acids is 4. The maximum absolute atomic E-state index is 14.4. The van der Waals surface area contributed by atoms with E-state index in [-0.39, 0.29) is 13.0 Å². The Morgan fingerprint density at radius 2 is 1.50 bits per heavy atom. The van der Waals surface area contributed by atoms with Gasteiger partial charge in [0.2, 0.25) is 11.8 Å². The molecule has 0 bridgehead atoms. The Labute approximate surface area is 278 Å². The molecule has 3 atom stereocenters. The number of nitrogens with one attached hydrogen (secondary N) is 2. The van der Waals surface area contributed by atoms with E-state index in [0.717, 1.165) is 5.56 Å². The summed E-state index contributed by atoms with van der Waals surface area (Å²) in [5, 5.41) is 5.63. The first-order valence-corrected chi connectivity index (χ1v) is 16.9. The van der Waals surface area contributed by atoms with E-state index in [1.165, 1.54) is 16.7 Å². The molecule has 0 heterocycles. The van der Waals surface area contributed by atoms with E-state index >= 15 is 0 Å². The Morgan fingerprint density at radius 3 is 2.02 bits per heavy atom. The monoisotopic (exact) mass is 651 g/mol. The average molecular weight is 652 g/mol. The van der Waals surface area contributed by atoms with Crippen LogP contribution < -0.4 is 10.6 Å². The van der Waals surface area contributed by atoms with Crippen molar-refractivity contribution >= 4 is 35.6 Å². The third-order valence-electron chi connectivity index (χ3n) is 6.59. The van der Waals surface area contributed by atoms with Crippen molar-refractivity contribution in [3.8, 4) is 12.3 Å². The van der Waals surface area contributed by atoms with Gasteiger partial charge in [0.1, 0.15) is 29.3 Å². The predicted molar refractivity (Wildman–Crippen MR) is 183 cm³/mol. The molecule has 2 N–H and O–H groups in total. The van der Waals surface area contributed by atoms with Crippen LogP contribution in [0.5, 0.6) is 0 Å². The van der Waals surface area contributed by atoms with E-state index < -0.39 is 53.2 Å². The van der Waals surface area contributed by atoms with Gasteiger partial charge in [-0.15, -0.1) is 6.42 Å². The molecule has 0 saturated carbocycles. The maximum atomic E-state index is 14.4. The maximum Gasteiger partial charge on any atom is 0.408 e. The van der Waals surface area contributed by atoms with E-state index in [9.17, 15) is 19.2 Å². The molecule has 0 aromatic heterocycles. The smallest absolute Gasteiger partial charge is 0.408 e. The van der Waals surface area contributed by atoms with Gasteiger partial charge in [0.15, 0.2) is 0 Å². The first-order chi connectivity index (χ1) is 21.6. The lowest BCUT2D eigenvalue weighted by atomic mass is 9.99. The molecule has 0 aliphatic heterocycles. The first kappa shape index (κ1) is 38.2. The molecule has 0 aliphatic carbocycles. The van der Waals surface area contributed by atoms with Gasteiger partial charge in [-0.1, -0.05) is 55.3 Å². The minimum atomic E-state index is -1.14. The molecule has 10 heteroatoms. The van der Waals surface area contributed by atoms with Crippen LogP contribution in [-0.4, -0.2) is 70.6 Å². The number of esters is 1. The van der Waals surface area contributed by atoms with Crippen LogP contribution in [0, 0.1) is 12.3 Å². The quantitative estimate of drug-likeness (QED) is 0.200. The van der Waals surface area contributed by atoms with Crippen molar-refractivity contribution in [3.63, 3.8) is 0 Å². The van der Waals surface area contributed by atoms with Crippen molar-refractivity contribution in [1.29, 1.82) is 0 Å². The second kappa shape index (κ2) is 17.7. The summed E-state index contributed by atoms with van der Waals surface area (Å²) >= 11 is 1.53. The van der Waals surface area contributed by atoms with Gasteiger partial charge < -0.3 is 25.0 Å². The molecule has 46 heavy (non-hydrogen) atoms. The lowest BCUT2D eigenvalue weighted by Gasteiger charge is -2.35. The first-order valence-electron chi connectivity index (χ1n) is 15.5. The zero-order valence-electron chi connectivity index (χ0n) is 28.3. The molecule has 2 rings (SSSR count). The number of ether oxygens (including phenoxy) is 2. The third kappa shape index (κ3) is 12.8. The summed E-state index contributed by atoms with van der Waals surface area (Å²) in [6.07, 6.45) is 7.80. The van der Waals surface area contributed by atoms with Crippen molar-refractivity contribution in [2.45, 2.75) is 97.1 Å². The van der Waals surface area contributed by atoms with Gasteiger partial charge in [-0.3, -0.25) is 9.59 Å². The summed E-state index contributed by atoms with van der Waals surface area (Å²) in [4.78, 5) is 56.4. The Balaban J connectivity index is 2.58. The van der Waals surface area contributed by atoms with Crippen LogP contribution in [0.15, 0.2) is 54.6 Å². The number of rotatable bonds is 14. The fourth-order valence-electron chi connectivity index (χ4n) is 4.65. The molecule has 9 nitrogen and oxygen atoms in total. The average Bonchev–Trinajstić information content (AvgIpc) is 2.97. The largest absolute Gasteiger partial charge is 0.458 e. The number of amides is 3. The molecule has 0 radical (unpaired) electrons. The Morgan fingerprint density at radius 1 is 0.891 bits per heavy atom.